The molecule has 0 amide bonds. The minimum Gasteiger partial charge on any atom is -0.545 e. The monoisotopic (exact) mass is 333 g/mol. The van der Waals surface area contributed by atoms with Crippen LogP contribution >= 0.6 is 0 Å². The molecule has 0 aliphatic rings. The highest BCUT2D eigenvalue weighted by Crippen LogP contribution is 2.18. The Bertz CT molecular complexity index is 439. The van der Waals surface area contributed by atoms with Crippen LogP contribution in [0.2, 0.25) is 0 Å². The highest BCUT2D eigenvalue weighted by molar-refractivity contribution is 5.85. The van der Waals surface area contributed by atoms with Crippen LogP contribution in [0.5, 0.6) is 0 Å². The predicted octanol–water partition coefficient (Wildman–Crippen LogP) is 5.05. The zero-order valence-corrected chi connectivity index (χ0v) is 15.4. The summed E-state index contributed by atoms with van der Waals surface area (Å²) in [4.78, 5) is 10.7. The van der Waals surface area contributed by atoms with E-state index in [-0.39, 0.29) is 11.7 Å². The highest BCUT2D eigenvalue weighted by Gasteiger charge is 2.05. The lowest BCUT2D eigenvalue weighted by molar-refractivity contribution is -0.255. The molecule has 0 heterocycles. The number of unbranched alkanes of at least 4 members (excludes halogenated alkanes) is 9. The third-order valence-electron chi connectivity index (χ3n) is 4.48. The Balaban J connectivity index is 2.01. The van der Waals surface area contributed by atoms with Gasteiger partial charge in [-0.15, -0.1) is 0 Å². The van der Waals surface area contributed by atoms with Crippen molar-refractivity contribution in [3.63, 3.8) is 0 Å². The molecule has 0 aromatic heterocycles. The Hall–Kier alpha value is -1.35. The van der Waals surface area contributed by atoms with Crippen LogP contribution in [0.3, 0.4) is 0 Å². The van der Waals surface area contributed by atoms with E-state index in [9.17, 15) is 9.90 Å². The van der Waals surface area contributed by atoms with E-state index in [0.717, 1.165) is 18.6 Å². The molecule has 0 saturated carbocycles. The van der Waals surface area contributed by atoms with Crippen LogP contribution in [0.25, 0.3) is 0 Å². The predicted molar refractivity (Wildman–Crippen MR) is 97.0 cm³/mol. The first-order chi connectivity index (χ1) is 11.6. The Morgan fingerprint density at radius 3 is 1.92 bits per heavy atom. The molecule has 1 rings (SSSR count). The number of carbonyl (C=O) groups is 1. The van der Waals surface area contributed by atoms with Gasteiger partial charge in [0.2, 0.25) is 0 Å². The van der Waals surface area contributed by atoms with E-state index in [2.05, 4.69) is 6.92 Å². The van der Waals surface area contributed by atoms with Crippen molar-refractivity contribution in [3.05, 3.63) is 35.4 Å². The number of carboxylic acids is 1. The maximum atomic E-state index is 10.7. The smallest absolute Gasteiger partial charge is 0.0796 e. The number of carbonyl (C=O) groups excluding carboxylic acids is 1. The van der Waals surface area contributed by atoms with E-state index in [1.807, 2.05) is 6.92 Å². The Morgan fingerprint density at radius 1 is 0.917 bits per heavy atom. The van der Waals surface area contributed by atoms with Crippen molar-refractivity contribution < 1.29 is 14.6 Å². The summed E-state index contributed by atoms with van der Waals surface area (Å²) in [5, 5.41) is 10.7. The van der Waals surface area contributed by atoms with Crippen LogP contribution in [0.1, 0.15) is 100 Å². The molecule has 0 N–H and O–H groups in total. The van der Waals surface area contributed by atoms with E-state index in [0.29, 0.717) is 0 Å². The third-order valence-corrected chi connectivity index (χ3v) is 4.48. The van der Waals surface area contributed by atoms with Crippen LogP contribution in [-0.2, 0) is 4.74 Å². The Morgan fingerprint density at radius 2 is 1.42 bits per heavy atom. The molecule has 1 aromatic rings. The summed E-state index contributed by atoms with van der Waals surface area (Å²) in [6.45, 7) is 5.02. The fraction of sp³-hybridized carbons (Fsp3) is 0.667. The Labute approximate surface area is 147 Å². The molecule has 1 unspecified atom stereocenters. The van der Waals surface area contributed by atoms with Crippen molar-refractivity contribution in [2.24, 2.45) is 0 Å². The van der Waals surface area contributed by atoms with Crippen molar-refractivity contribution >= 4 is 5.97 Å². The van der Waals surface area contributed by atoms with Gasteiger partial charge in [-0.3, -0.25) is 0 Å². The third kappa shape index (κ3) is 9.07. The van der Waals surface area contributed by atoms with Crippen LogP contribution in [0.15, 0.2) is 24.3 Å². The summed E-state index contributed by atoms with van der Waals surface area (Å²) in [5.74, 6) is -1.14. The largest absolute Gasteiger partial charge is 0.545 e. The van der Waals surface area contributed by atoms with Gasteiger partial charge in [-0.25, -0.2) is 0 Å². The number of carboxylic acid groups (broad SMARTS) is 1. The molecular weight excluding hydrogens is 300 g/mol. The van der Waals surface area contributed by atoms with Gasteiger partial charge in [0.15, 0.2) is 0 Å². The molecule has 3 nitrogen and oxygen atoms in total. The maximum absolute atomic E-state index is 10.7. The molecule has 136 valence electrons. The van der Waals surface area contributed by atoms with Crippen LogP contribution < -0.4 is 5.11 Å². The van der Waals surface area contributed by atoms with Crippen molar-refractivity contribution in [1.29, 1.82) is 0 Å². The van der Waals surface area contributed by atoms with E-state index < -0.39 is 5.97 Å². The van der Waals surface area contributed by atoms with E-state index in [1.54, 1.807) is 24.3 Å². The molecule has 0 spiro atoms. The van der Waals surface area contributed by atoms with Gasteiger partial charge in [-0.1, -0.05) is 89.0 Å². The fourth-order valence-corrected chi connectivity index (χ4v) is 2.84. The molecule has 1 atom stereocenters. The zero-order valence-electron chi connectivity index (χ0n) is 15.4. The maximum Gasteiger partial charge on any atom is 0.0796 e. The lowest BCUT2D eigenvalue weighted by Gasteiger charge is -2.14. The number of aromatic carboxylic acids is 1. The van der Waals surface area contributed by atoms with Crippen molar-refractivity contribution in [3.8, 4) is 0 Å². The normalized spacial score (nSPS) is 12.2. The van der Waals surface area contributed by atoms with Gasteiger partial charge >= 0.3 is 0 Å². The summed E-state index contributed by atoms with van der Waals surface area (Å²) in [6.07, 6.45) is 13.2. The molecule has 0 fully saturated rings. The number of benzene rings is 1. The molecule has 0 radical (unpaired) electrons. The van der Waals surface area contributed by atoms with E-state index >= 15 is 0 Å². The van der Waals surface area contributed by atoms with Crippen molar-refractivity contribution in [2.75, 3.05) is 6.61 Å². The summed E-state index contributed by atoms with van der Waals surface area (Å²) < 4.78 is 5.84. The molecule has 0 bridgehead atoms. The highest BCUT2D eigenvalue weighted by atomic mass is 16.5. The van der Waals surface area contributed by atoms with E-state index in [4.69, 9.17) is 4.74 Å². The van der Waals surface area contributed by atoms with Gasteiger partial charge in [-0.05, 0) is 24.5 Å². The SMILES string of the molecule is CCCCCCCCCCCCOC(C)c1ccc(C(=O)[O-])cc1. The second-order valence-corrected chi connectivity index (χ2v) is 6.60. The van der Waals surface area contributed by atoms with Gasteiger partial charge < -0.3 is 14.6 Å². The molecule has 1 aromatic carbocycles. The standard InChI is InChI=1S/C21H34O3/c1-3-4-5-6-7-8-9-10-11-12-17-24-18(2)19-13-15-20(16-14-19)21(22)23/h13-16,18H,3-12,17H2,1-2H3,(H,22,23)/p-1. The zero-order chi connectivity index (χ0) is 17.6. The first kappa shape index (κ1) is 20.7. The van der Waals surface area contributed by atoms with Crippen LogP contribution in [-0.4, -0.2) is 12.6 Å². The first-order valence-corrected chi connectivity index (χ1v) is 9.58. The lowest BCUT2D eigenvalue weighted by Crippen LogP contribution is -2.22. The number of hydrogen-bond donors (Lipinski definition) is 0. The number of rotatable bonds is 14. The first-order valence-electron chi connectivity index (χ1n) is 9.58. The van der Waals surface area contributed by atoms with Gasteiger partial charge in [-0.2, -0.15) is 0 Å². The minimum atomic E-state index is -1.14. The summed E-state index contributed by atoms with van der Waals surface area (Å²) in [5.41, 5.74) is 1.22. The second-order valence-electron chi connectivity index (χ2n) is 6.60. The Kier molecular flexibility index (Phi) is 11.2. The number of hydrogen-bond acceptors (Lipinski definition) is 3. The summed E-state index contributed by atoms with van der Waals surface area (Å²) in [6, 6.07) is 6.75. The average Bonchev–Trinajstić information content (AvgIpc) is 2.59. The quantitative estimate of drug-likeness (QED) is 0.448. The van der Waals surface area contributed by atoms with E-state index in [1.165, 1.54) is 57.8 Å². The molecule has 0 saturated heterocycles. The average molecular weight is 333 g/mol. The van der Waals surface area contributed by atoms with Gasteiger partial charge in [0, 0.05) is 6.61 Å². The van der Waals surface area contributed by atoms with Crippen LogP contribution in [0.4, 0.5) is 0 Å². The molecule has 0 aliphatic heterocycles. The van der Waals surface area contributed by atoms with Gasteiger partial charge in [0.05, 0.1) is 12.1 Å². The lowest BCUT2D eigenvalue weighted by atomic mass is 10.1. The second kappa shape index (κ2) is 13.0. The molecule has 0 aliphatic carbocycles. The molecule has 24 heavy (non-hydrogen) atoms. The van der Waals surface area contributed by atoms with Crippen molar-refractivity contribution in [2.45, 2.75) is 84.2 Å². The summed E-state index contributed by atoms with van der Waals surface area (Å²) >= 11 is 0. The van der Waals surface area contributed by atoms with Crippen LogP contribution in [0, 0.1) is 0 Å². The molecule has 3 heteroatoms. The number of ether oxygens (including phenoxy) is 1. The van der Waals surface area contributed by atoms with Crippen molar-refractivity contribution in [1.82, 2.24) is 0 Å². The topological polar surface area (TPSA) is 49.4 Å². The fourth-order valence-electron chi connectivity index (χ4n) is 2.84. The summed E-state index contributed by atoms with van der Waals surface area (Å²) in [7, 11) is 0. The van der Waals surface area contributed by atoms with Gasteiger partial charge in [0.25, 0.3) is 0 Å². The minimum absolute atomic E-state index is 0.000584. The molecular formula is C21H33O3-. The van der Waals surface area contributed by atoms with Gasteiger partial charge in [0.1, 0.15) is 0 Å².